The van der Waals surface area contributed by atoms with Gasteiger partial charge in [-0.15, -0.1) is 0 Å². The number of rotatable bonds is 5. The number of nitrogens with zero attached hydrogens (tertiary/aromatic N) is 3. The van der Waals surface area contributed by atoms with Gasteiger partial charge in [0.15, 0.2) is 0 Å². The zero-order valence-electron chi connectivity index (χ0n) is 20.8. The first kappa shape index (κ1) is 23.7. The molecule has 3 aromatic carbocycles. The summed E-state index contributed by atoms with van der Waals surface area (Å²) < 4.78 is 2.20. The summed E-state index contributed by atoms with van der Waals surface area (Å²) in [7, 11) is 0. The predicted molar refractivity (Wildman–Crippen MR) is 149 cm³/mol. The molecule has 0 atom stereocenters. The Kier molecular flexibility index (Phi) is 6.02. The van der Waals surface area contributed by atoms with Crippen molar-refractivity contribution in [3.8, 4) is 22.9 Å². The Morgan fingerprint density at radius 2 is 1.79 bits per heavy atom. The number of anilines is 1. The Morgan fingerprint density at radius 3 is 2.53 bits per heavy atom. The fraction of sp³-hybridized carbons (Fsp3) is 0.194. The number of carbonyl (C=O) groups excluding carboxylic acids is 1. The van der Waals surface area contributed by atoms with Crippen molar-refractivity contribution in [2.75, 3.05) is 5.32 Å². The summed E-state index contributed by atoms with van der Waals surface area (Å²) in [5, 5.41) is 24.8. The lowest BCUT2D eigenvalue weighted by molar-refractivity contribution is 0.100. The molecule has 7 heteroatoms. The van der Waals surface area contributed by atoms with Gasteiger partial charge in [0, 0.05) is 39.9 Å². The molecule has 1 aliphatic rings. The summed E-state index contributed by atoms with van der Waals surface area (Å²) in [5.74, 6) is -0.479. The molecule has 2 heterocycles. The van der Waals surface area contributed by atoms with Crippen molar-refractivity contribution in [3.05, 3.63) is 90.3 Å². The van der Waals surface area contributed by atoms with Crippen LogP contribution in [0.3, 0.4) is 0 Å². The van der Waals surface area contributed by atoms with Crippen LogP contribution in [0.1, 0.15) is 41.7 Å². The molecule has 188 valence electrons. The minimum atomic E-state index is -0.479. The number of para-hydroxylation sites is 1. The highest BCUT2D eigenvalue weighted by Gasteiger charge is 2.22. The average Bonchev–Trinajstić information content (AvgIpc) is 3.29. The van der Waals surface area contributed by atoms with E-state index in [4.69, 9.17) is 5.73 Å². The minimum Gasteiger partial charge on any atom is -0.393 e. The fourth-order valence-corrected chi connectivity index (χ4v) is 5.60. The van der Waals surface area contributed by atoms with E-state index in [2.05, 4.69) is 45.2 Å². The molecule has 0 aliphatic heterocycles. The number of carbonyl (C=O) groups is 1. The molecule has 1 aliphatic carbocycles. The summed E-state index contributed by atoms with van der Waals surface area (Å²) in [5.41, 5.74) is 12.2. The molecular weight excluding hydrogens is 474 g/mol. The highest BCUT2D eigenvalue weighted by Crippen LogP contribution is 2.39. The van der Waals surface area contributed by atoms with Crippen LogP contribution in [0.2, 0.25) is 0 Å². The molecule has 6 rings (SSSR count). The number of amides is 1. The van der Waals surface area contributed by atoms with Gasteiger partial charge in [-0.05, 0) is 73.7 Å². The van der Waals surface area contributed by atoms with Crippen molar-refractivity contribution >= 4 is 33.4 Å². The Bertz CT molecular complexity index is 1710. The molecular formula is C31H27N5O2. The van der Waals surface area contributed by atoms with Gasteiger partial charge in [0.05, 0.1) is 22.7 Å². The SMILES string of the molecule is N#Cc1ccc(-c2cccc3c2c2ccccc2n3-c2ccc(C(N)=O)c(NC3CCC(O)CC3)c2)cn1. The lowest BCUT2D eigenvalue weighted by atomic mass is 9.92. The summed E-state index contributed by atoms with van der Waals surface area (Å²) >= 11 is 0. The number of nitrogens with two attached hydrogens (primary N) is 1. The molecule has 5 aromatic rings. The van der Waals surface area contributed by atoms with Crippen molar-refractivity contribution in [2.45, 2.75) is 37.8 Å². The topological polar surface area (TPSA) is 117 Å². The average molecular weight is 502 g/mol. The summed E-state index contributed by atoms with van der Waals surface area (Å²) in [4.78, 5) is 16.6. The molecule has 4 N–H and O–H groups in total. The minimum absolute atomic E-state index is 0.167. The van der Waals surface area contributed by atoms with Crippen molar-refractivity contribution in [1.82, 2.24) is 9.55 Å². The van der Waals surface area contributed by atoms with Gasteiger partial charge in [0.25, 0.3) is 5.91 Å². The van der Waals surface area contributed by atoms with Gasteiger partial charge in [-0.1, -0.05) is 30.3 Å². The van der Waals surface area contributed by atoms with Crippen molar-refractivity contribution in [3.63, 3.8) is 0 Å². The Hall–Kier alpha value is -4.67. The van der Waals surface area contributed by atoms with Crippen LogP contribution < -0.4 is 11.1 Å². The van der Waals surface area contributed by atoms with Crippen LogP contribution >= 0.6 is 0 Å². The van der Waals surface area contributed by atoms with E-state index in [0.717, 1.165) is 64.3 Å². The highest BCUT2D eigenvalue weighted by molar-refractivity contribution is 6.15. The summed E-state index contributed by atoms with van der Waals surface area (Å²) in [6.07, 6.45) is 4.63. The number of primary amides is 1. The molecule has 1 amide bonds. The number of hydrogen-bond donors (Lipinski definition) is 3. The van der Waals surface area contributed by atoms with Gasteiger partial charge in [0.2, 0.25) is 0 Å². The van der Waals surface area contributed by atoms with Crippen molar-refractivity contribution in [1.29, 1.82) is 5.26 Å². The van der Waals surface area contributed by atoms with Gasteiger partial charge in [-0.2, -0.15) is 5.26 Å². The molecule has 1 saturated carbocycles. The zero-order valence-corrected chi connectivity index (χ0v) is 20.8. The van der Waals surface area contributed by atoms with Gasteiger partial charge in [0.1, 0.15) is 11.8 Å². The normalized spacial score (nSPS) is 17.4. The van der Waals surface area contributed by atoms with Crippen molar-refractivity contribution < 1.29 is 9.90 Å². The quantitative estimate of drug-likeness (QED) is 0.293. The Morgan fingerprint density at radius 1 is 1.00 bits per heavy atom. The van der Waals surface area contributed by atoms with E-state index in [1.54, 1.807) is 18.3 Å². The molecule has 0 saturated heterocycles. The monoisotopic (exact) mass is 501 g/mol. The van der Waals surface area contributed by atoms with Crippen LogP contribution in [0.4, 0.5) is 5.69 Å². The van der Waals surface area contributed by atoms with Gasteiger partial charge < -0.3 is 20.7 Å². The van der Waals surface area contributed by atoms with E-state index in [-0.39, 0.29) is 12.1 Å². The van der Waals surface area contributed by atoms with Crippen LogP contribution in [-0.4, -0.2) is 32.7 Å². The highest BCUT2D eigenvalue weighted by atomic mass is 16.3. The smallest absolute Gasteiger partial charge is 0.250 e. The Labute approximate surface area is 220 Å². The predicted octanol–water partition coefficient (Wildman–Crippen LogP) is 5.53. The largest absolute Gasteiger partial charge is 0.393 e. The third-order valence-electron chi connectivity index (χ3n) is 7.47. The molecule has 0 unspecified atom stereocenters. The third-order valence-corrected chi connectivity index (χ3v) is 7.47. The van der Waals surface area contributed by atoms with E-state index < -0.39 is 5.91 Å². The van der Waals surface area contributed by atoms with Crippen LogP contribution in [0.25, 0.3) is 38.6 Å². The number of benzene rings is 3. The van der Waals surface area contributed by atoms with Crippen LogP contribution in [-0.2, 0) is 0 Å². The molecule has 0 bridgehead atoms. The second kappa shape index (κ2) is 9.66. The number of aliphatic hydroxyl groups is 1. The maximum atomic E-state index is 12.3. The Balaban J connectivity index is 1.53. The number of fused-ring (bicyclic) bond motifs is 3. The summed E-state index contributed by atoms with van der Waals surface area (Å²) in [6, 6.07) is 26.1. The lowest BCUT2D eigenvalue weighted by Crippen LogP contribution is -2.29. The van der Waals surface area contributed by atoms with E-state index >= 15 is 0 Å². The summed E-state index contributed by atoms with van der Waals surface area (Å²) in [6.45, 7) is 0. The van der Waals surface area contributed by atoms with Crippen LogP contribution in [0.5, 0.6) is 0 Å². The van der Waals surface area contributed by atoms with Crippen LogP contribution in [0, 0.1) is 11.3 Å². The maximum absolute atomic E-state index is 12.3. The fourth-order valence-electron chi connectivity index (χ4n) is 5.60. The van der Waals surface area contributed by atoms with Crippen molar-refractivity contribution in [2.24, 2.45) is 5.73 Å². The van der Waals surface area contributed by atoms with E-state index in [1.807, 2.05) is 36.4 Å². The van der Waals surface area contributed by atoms with E-state index in [9.17, 15) is 15.2 Å². The zero-order chi connectivity index (χ0) is 26.2. The lowest BCUT2D eigenvalue weighted by Gasteiger charge is -2.28. The van der Waals surface area contributed by atoms with E-state index in [0.29, 0.717) is 16.9 Å². The first-order chi connectivity index (χ1) is 18.5. The molecule has 0 spiro atoms. The second-order valence-corrected chi connectivity index (χ2v) is 9.84. The molecule has 7 nitrogen and oxygen atoms in total. The number of nitrogens with one attached hydrogen (secondary N) is 1. The number of aliphatic hydroxyl groups excluding tert-OH is 1. The molecule has 0 radical (unpaired) electrons. The van der Waals surface area contributed by atoms with E-state index in [1.165, 1.54) is 0 Å². The maximum Gasteiger partial charge on any atom is 0.250 e. The molecule has 38 heavy (non-hydrogen) atoms. The first-order valence-electron chi connectivity index (χ1n) is 12.8. The van der Waals surface area contributed by atoms with Gasteiger partial charge in [-0.3, -0.25) is 4.79 Å². The number of aromatic nitrogens is 2. The van der Waals surface area contributed by atoms with Gasteiger partial charge in [-0.25, -0.2) is 4.98 Å². The number of hydrogen-bond acceptors (Lipinski definition) is 5. The standard InChI is InChI=1S/C31H27N5O2/c32-17-21-9-8-19(18-34-21)24-5-3-7-29-30(24)26-4-1-2-6-28(26)36(29)22-12-15-25(31(33)38)27(16-22)35-20-10-13-23(37)14-11-20/h1-9,12,15-16,18,20,23,35,37H,10-11,13-14H2,(H2,33,38). The van der Waals surface area contributed by atoms with Gasteiger partial charge >= 0.3 is 0 Å². The third kappa shape index (κ3) is 4.15. The number of pyridine rings is 1. The number of nitriles is 1. The van der Waals surface area contributed by atoms with Crippen LogP contribution in [0.15, 0.2) is 79.0 Å². The second-order valence-electron chi connectivity index (χ2n) is 9.84. The molecule has 2 aromatic heterocycles. The first-order valence-corrected chi connectivity index (χ1v) is 12.8. The molecule has 1 fully saturated rings.